The van der Waals surface area contributed by atoms with Crippen molar-refractivity contribution in [3.63, 3.8) is 0 Å². The van der Waals surface area contributed by atoms with Crippen LogP contribution in [0.4, 0.5) is 0 Å². The number of piperidine rings is 1. The van der Waals surface area contributed by atoms with E-state index in [9.17, 15) is 0 Å². The molecule has 0 spiro atoms. The molecule has 1 unspecified atom stereocenters. The largest absolute Gasteiger partial charge is 0.293 e. The minimum atomic E-state index is 0.671. The van der Waals surface area contributed by atoms with Gasteiger partial charge in [-0.2, -0.15) is 0 Å². The van der Waals surface area contributed by atoms with Crippen molar-refractivity contribution in [1.82, 2.24) is 4.90 Å². The molecule has 6 rings (SSSR count). The first-order chi connectivity index (χ1) is 11.4. The SMILES string of the molecule is c1ccc2c(c1)C[C@H]1CC[C@@H](C2)N(C2CCc3ccccc32)C1. The average molecular weight is 303 g/mol. The van der Waals surface area contributed by atoms with Gasteiger partial charge >= 0.3 is 0 Å². The van der Waals surface area contributed by atoms with Crippen LogP contribution >= 0.6 is 0 Å². The molecule has 0 saturated carbocycles. The molecule has 2 aromatic carbocycles. The third-order valence-electron chi connectivity index (χ3n) is 6.43. The minimum Gasteiger partial charge on any atom is -0.293 e. The highest BCUT2D eigenvalue weighted by Gasteiger charge is 2.38. The maximum atomic E-state index is 2.88. The predicted octanol–water partition coefficient (Wildman–Crippen LogP) is 4.55. The summed E-state index contributed by atoms with van der Waals surface area (Å²) in [5.74, 6) is 0.848. The van der Waals surface area contributed by atoms with E-state index in [0.29, 0.717) is 6.04 Å². The summed E-state index contributed by atoms with van der Waals surface area (Å²) in [6.07, 6.45) is 7.94. The molecule has 2 aromatic rings. The molecule has 2 bridgehead atoms. The first-order valence-electron chi connectivity index (χ1n) is 9.29. The van der Waals surface area contributed by atoms with Gasteiger partial charge in [0.15, 0.2) is 0 Å². The van der Waals surface area contributed by atoms with Crippen LogP contribution in [-0.4, -0.2) is 17.5 Å². The van der Waals surface area contributed by atoms with Gasteiger partial charge in [-0.1, -0.05) is 48.5 Å². The number of hydrogen-bond acceptors (Lipinski definition) is 1. The van der Waals surface area contributed by atoms with Gasteiger partial charge in [0.2, 0.25) is 0 Å². The molecular weight excluding hydrogens is 278 g/mol. The highest BCUT2D eigenvalue weighted by molar-refractivity contribution is 5.35. The van der Waals surface area contributed by atoms with Crippen LogP contribution in [0.15, 0.2) is 48.5 Å². The second-order valence-electron chi connectivity index (χ2n) is 7.72. The summed E-state index contributed by atoms with van der Waals surface area (Å²) >= 11 is 0. The lowest BCUT2D eigenvalue weighted by atomic mass is 9.79. The van der Waals surface area contributed by atoms with Crippen molar-refractivity contribution >= 4 is 0 Å². The van der Waals surface area contributed by atoms with Crippen molar-refractivity contribution in [3.05, 3.63) is 70.8 Å². The fraction of sp³-hybridized carbons (Fsp3) is 0.455. The average Bonchev–Trinajstić information content (AvgIpc) is 2.98. The fourth-order valence-corrected chi connectivity index (χ4v) is 5.30. The molecule has 0 aromatic heterocycles. The quantitative estimate of drug-likeness (QED) is 0.747. The summed E-state index contributed by atoms with van der Waals surface area (Å²) in [6, 6.07) is 19.8. The molecule has 0 radical (unpaired) electrons. The van der Waals surface area contributed by atoms with Crippen LogP contribution in [0.25, 0.3) is 0 Å². The lowest BCUT2D eigenvalue weighted by Gasteiger charge is -2.45. The number of benzene rings is 2. The summed E-state index contributed by atoms with van der Waals surface area (Å²) in [5, 5.41) is 0. The fourth-order valence-electron chi connectivity index (χ4n) is 5.30. The van der Waals surface area contributed by atoms with Gasteiger partial charge < -0.3 is 0 Å². The predicted molar refractivity (Wildman–Crippen MR) is 94.6 cm³/mol. The first-order valence-corrected chi connectivity index (χ1v) is 9.29. The van der Waals surface area contributed by atoms with Crippen LogP contribution in [0.3, 0.4) is 0 Å². The van der Waals surface area contributed by atoms with Crippen LogP contribution < -0.4 is 0 Å². The number of nitrogens with zero attached hydrogens (tertiary/aromatic N) is 1. The normalized spacial score (nSPS) is 29.7. The van der Waals surface area contributed by atoms with E-state index in [1.807, 2.05) is 0 Å². The van der Waals surface area contributed by atoms with E-state index in [4.69, 9.17) is 0 Å². The van der Waals surface area contributed by atoms with Crippen molar-refractivity contribution in [2.45, 2.75) is 50.6 Å². The van der Waals surface area contributed by atoms with E-state index in [-0.39, 0.29) is 0 Å². The van der Waals surface area contributed by atoms with Crippen LogP contribution in [0, 0.1) is 5.92 Å². The molecule has 3 atom stereocenters. The lowest BCUT2D eigenvalue weighted by Crippen LogP contribution is -2.47. The second-order valence-corrected chi connectivity index (χ2v) is 7.72. The summed E-state index contributed by atoms with van der Waals surface area (Å²) < 4.78 is 0. The van der Waals surface area contributed by atoms with Gasteiger partial charge in [0.25, 0.3) is 0 Å². The number of hydrogen-bond donors (Lipinski definition) is 0. The Hall–Kier alpha value is -1.60. The van der Waals surface area contributed by atoms with Gasteiger partial charge in [-0.3, -0.25) is 4.90 Å². The smallest absolute Gasteiger partial charge is 0.0357 e. The monoisotopic (exact) mass is 303 g/mol. The maximum Gasteiger partial charge on any atom is 0.0357 e. The highest BCUT2D eigenvalue weighted by atomic mass is 15.2. The van der Waals surface area contributed by atoms with E-state index in [2.05, 4.69) is 53.4 Å². The van der Waals surface area contributed by atoms with Crippen molar-refractivity contribution < 1.29 is 0 Å². The highest BCUT2D eigenvalue weighted by Crippen LogP contribution is 2.42. The zero-order valence-corrected chi connectivity index (χ0v) is 13.7. The van der Waals surface area contributed by atoms with Crippen LogP contribution in [0.2, 0.25) is 0 Å². The Morgan fingerprint density at radius 2 is 1.48 bits per heavy atom. The molecule has 0 N–H and O–H groups in total. The molecule has 2 aliphatic heterocycles. The minimum absolute atomic E-state index is 0.671. The summed E-state index contributed by atoms with van der Waals surface area (Å²) in [6.45, 7) is 1.30. The Morgan fingerprint density at radius 1 is 0.739 bits per heavy atom. The molecule has 0 amide bonds. The standard InChI is InChI=1S/C22H25N/c1-2-7-19-14-20-11-9-16(13-18(19)6-1)15-23(20)22-12-10-17-5-3-4-8-21(17)22/h1-8,16,20,22H,9-15H2/t16-,20+,22?/m1/s1. The summed E-state index contributed by atoms with van der Waals surface area (Å²) in [4.78, 5) is 2.88. The number of fused-ring (bicyclic) bond motifs is 3. The zero-order chi connectivity index (χ0) is 15.2. The van der Waals surface area contributed by atoms with Gasteiger partial charge in [0, 0.05) is 18.6 Å². The third kappa shape index (κ3) is 2.33. The van der Waals surface area contributed by atoms with Gasteiger partial charge in [0.05, 0.1) is 0 Å². The molecule has 1 nitrogen and oxygen atoms in total. The third-order valence-corrected chi connectivity index (χ3v) is 6.43. The number of aryl methyl sites for hydroxylation is 1. The zero-order valence-electron chi connectivity index (χ0n) is 13.7. The van der Waals surface area contributed by atoms with E-state index in [1.54, 1.807) is 22.3 Å². The number of rotatable bonds is 1. The van der Waals surface area contributed by atoms with E-state index >= 15 is 0 Å². The van der Waals surface area contributed by atoms with E-state index in [0.717, 1.165) is 12.0 Å². The van der Waals surface area contributed by atoms with Crippen LogP contribution in [-0.2, 0) is 19.3 Å². The Labute approximate surface area is 139 Å². The van der Waals surface area contributed by atoms with E-state index in [1.165, 1.54) is 45.1 Å². The molecule has 118 valence electrons. The molecule has 4 aliphatic rings. The summed E-state index contributed by atoms with van der Waals surface area (Å²) in [5.41, 5.74) is 6.44. The molecule has 2 heterocycles. The molecule has 1 fully saturated rings. The van der Waals surface area contributed by atoms with Crippen molar-refractivity contribution in [2.75, 3.05) is 6.54 Å². The van der Waals surface area contributed by atoms with Crippen LogP contribution in [0.5, 0.6) is 0 Å². The maximum absolute atomic E-state index is 2.88. The van der Waals surface area contributed by atoms with Gasteiger partial charge in [0.1, 0.15) is 0 Å². The topological polar surface area (TPSA) is 3.24 Å². The van der Waals surface area contributed by atoms with Crippen LogP contribution in [0.1, 0.15) is 47.6 Å². The second kappa shape index (κ2) is 5.49. The molecular formula is C22H25N. The summed E-state index contributed by atoms with van der Waals surface area (Å²) in [7, 11) is 0. The van der Waals surface area contributed by atoms with Crippen molar-refractivity contribution in [1.29, 1.82) is 0 Å². The van der Waals surface area contributed by atoms with E-state index < -0.39 is 0 Å². The van der Waals surface area contributed by atoms with Crippen molar-refractivity contribution in [3.8, 4) is 0 Å². The molecule has 2 aliphatic carbocycles. The molecule has 1 saturated heterocycles. The lowest BCUT2D eigenvalue weighted by molar-refractivity contribution is 0.0574. The van der Waals surface area contributed by atoms with Gasteiger partial charge in [-0.25, -0.2) is 0 Å². The Balaban J connectivity index is 1.50. The van der Waals surface area contributed by atoms with Crippen molar-refractivity contribution in [2.24, 2.45) is 5.92 Å². The first kappa shape index (κ1) is 13.8. The Morgan fingerprint density at radius 3 is 2.35 bits per heavy atom. The Kier molecular flexibility index (Phi) is 3.29. The molecule has 23 heavy (non-hydrogen) atoms. The van der Waals surface area contributed by atoms with Gasteiger partial charge in [-0.15, -0.1) is 0 Å². The van der Waals surface area contributed by atoms with Gasteiger partial charge in [-0.05, 0) is 66.7 Å². The Bertz CT molecular complexity index is 719. The molecule has 1 heteroatoms.